The van der Waals surface area contributed by atoms with Crippen molar-refractivity contribution in [1.29, 1.82) is 0 Å². The van der Waals surface area contributed by atoms with Gasteiger partial charge in [-0.15, -0.1) is 0 Å². The molecule has 27 nitrogen and oxygen atoms in total. The number of nitrogens with zero attached hydrogens (tertiary/aromatic N) is 2. The van der Waals surface area contributed by atoms with Crippen LogP contribution in [0.3, 0.4) is 0 Å². The van der Waals surface area contributed by atoms with Crippen LogP contribution < -0.4 is 59.7 Å². The van der Waals surface area contributed by atoms with Crippen LogP contribution in [-0.2, 0) is 59.2 Å². The minimum atomic E-state index is -1.51. The van der Waals surface area contributed by atoms with Crippen LogP contribution in [0.25, 0.3) is 0 Å². The third kappa shape index (κ3) is 22.9. The number of hydrogen-bond donors (Lipinski definition) is 14. The maximum absolute atomic E-state index is 14.5. The van der Waals surface area contributed by atoms with Crippen molar-refractivity contribution in [2.24, 2.45) is 39.9 Å². The third-order valence-electron chi connectivity index (χ3n) is 13.4. The molecule has 0 bridgehead atoms. The molecule has 0 radical (unpaired) electrons. The Morgan fingerprint density at radius 2 is 1.19 bits per heavy atom. The number of nitrogens with one attached hydrogen (secondary N) is 8. The van der Waals surface area contributed by atoms with Gasteiger partial charge in [0, 0.05) is 25.9 Å². The van der Waals surface area contributed by atoms with Gasteiger partial charge in [0.2, 0.25) is 53.2 Å². The average molecular weight is 1150 g/mol. The first kappa shape index (κ1) is 68.9. The molecule has 1 aliphatic rings. The second-order valence-corrected chi connectivity index (χ2v) is 21.6. The lowest BCUT2D eigenvalue weighted by atomic mass is 9.97. The molecule has 2 rings (SSSR count). The van der Waals surface area contributed by atoms with Crippen LogP contribution in [0.2, 0.25) is 0 Å². The number of carbonyl (C=O) groups is 11. The number of phenols is 1. The Morgan fingerprint density at radius 3 is 1.73 bits per heavy atom. The fourth-order valence-electron chi connectivity index (χ4n) is 8.37. The van der Waals surface area contributed by atoms with E-state index in [1.165, 1.54) is 42.6 Å². The van der Waals surface area contributed by atoms with Gasteiger partial charge in [0.15, 0.2) is 5.96 Å². The summed E-state index contributed by atoms with van der Waals surface area (Å²) in [5, 5.41) is 49.8. The van der Waals surface area contributed by atoms with E-state index in [2.05, 4.69) is 47.5 Å². The lowest BCUT2D eigenvalue weighted by molar-refractivity contribution is -0.144. The summed E-state index contributed by atoms with van der Waals surface area (Å²) < 4.78 is 0. The summed E-state index contributed by atoms with van der Waals surface area (Å²) in [5.74, 6) is -11.1. The highest BCUT2D eigenvalue weighted by atomic mass is 32.2. The van der Waals surface area contributed by atoms with Gasteiger partial charge < -0.3 is 80.0 Å². The van der Waals surface area contributed by atoms with Crippen molar-refractivity contribution in [3.05, 3.63) is 29.8 Å². The first-order valence-electron chi connectivity index (χ1n) is 26.8. The molecule has 1 saturated heterocycles. The van der Waals surface area contributed by atoms with E-state index in [4.69, 9.17) is 17.2 Å². The Kier molecular flexibility index (Phi) is 29.3. The van der Waals surface area contributed by atoms with Crippen LogP contribution in [0.15, 0.2) is 29.3 Å². The number of carboxylic acid groups (broad SMARTS) is 2. The van der Waals surface area contributed by atoms with E-state index in [0.717, 1.165) is 0 Å². The normalized spacial score (nSPS) is 16.9. The molecule has 0 saturated carbocycles. The number of carboxylic acids is 2. The van der Waals surface area contributed by atoms with Gasteiger partial charge in [-0.05, 0) is 99.8 Å². The fraction of sp³-hybridized carbons (Fsp3) is 0.654. The lowest BCUT2D eigenvalue weighted by Gasteiger charge is -2.32. The summed E-state index contributed by atoms with van der Waals surface area (Å²) in [6.07, 6.45) is 1.78. The predicted molar refractivity (Wildman–Crippen MR) is 298 cm³/mol. The standard InChI is InChI=1S/C52H85N13O14S/c1-10-28(6)41(51(78)79)64-49(76)39(26(2)3)62-46(73)34(19-20-38(67)68)60-48(75)37-14-12-23-65(37)50(77)40(27(4)5)63-45(72)33(13-11-22-56-52(54)55)59-44(71)35(21-24-80-9)58-43(70)30(8)57-47(74)36(61-42(69)29(7)53)25-31-15-17-32(66)18-16-31/h15-18,26-30,33-37,39-41,66H,10-14,19-25,53H2,1-9H3,(H,57,74)(H,58,70)(H,59,71)(H,60,75)(H,61,69)(H,62,73)(H,63,72)(H,64,76)(H,67,68)(H,78,79)(H4,54,55,56)/t28-,29-,30-,33-,34-,35-,36-,37-,39-,40-,41-/m0/s1. The van der Waals surface area contributed by atoms with Gasteiger partial charge >= 0.3 is 11.9 Å². The van der Waals surface area contributed by atoms with Gasteiger partial charge in [0.1, 0.15) is 60.1 Å². The number of benzene rings is 1. The quantitative estimate of drug-likeness (QED) is 0.0207. The molecule has 0 spiro atoms. The molecule has 448 valence electrons. The smallest absolute Gasteiger partial charge is 0.326 e. The van der Waals surface area contributed by atoms with E-state index in [9.17, 15) is 68.1 Å². The van der Waals surface area contributed by atoms with E-state index in [0.29, 0.717) is 24.2 Å². The molecule has 80 heavy (non-hydrogen) atoms. The molecule has 11 atom stereocenters. The molecule has 1 aromatic carbocycles. The summed E-state index contributed by atoms with van der Waals surface area (Å²) in [4.78, 5) is 153. The van der Waals surface area contributed by atoms with Crippen molar-refractivity contribution < 1.29 is 68.1 Å². The zero-order chi connectivity index (χ0) is 60.6. The van der Waals surface area contributed by atoms with Crippen LogP contribution in [0.5, 0.6) is 5.75 Å². The van der Waals surface area contributed by atoms with E-state index < -0.39 is 156 Å². The minimum absolute atomic E-state index is 0.0157. The summed E-state index contributed by atoms with van der Waals surface area (Å²) in [7, 11) is 0. The monoisotopic (exact) mass is 1150 g/mol. The molecule has 1 heterocycles. The molecule has 1 aliphatic heterocycles. The van der Waals surface area contributed by atoms with Crippen molar-refractivity contribution in [3.63, 3.8) is 0 Å². The number of hydrogen-bond acceptors (Lipinski definition) is 15. The van der Waals surface area contributed by atoms with Crippen molar-refractivity contribution in [1.82, 2.24) is 47.4 Å². The number of aliphatic carboxylic acids is 2. The molecule has 1 aromatic rings. The zero-order valence-corrected chi connectivity index (χ0v) is 48.0. The van der Waals surface area contributed by atoms with Crippen molar-refractivity contribution in [3.8, 4) is 5.75 Å². The molecule has 0 aromatic heterocycles. The van der Waals surface area contributed by atoms with Crippen LogP contribution in [0.4, 0.5) is 0 Å². The van der Waals surface area contributed by atoms with Crippen molar-refractivity contribution in [2.45, 2.75) is 174 Å². The Labute approximate surface area is 471 Å². The summed E-state index contributed by atoms with van der Waals surface area (Å²) in [6.45, 7) is 12.8. The van der Waals surface area contributed by atoms with E-state index in [-0.39, 0.29) is 56.9 Å². The SMILES string of the molecule is CC[C@H](C)[C@H](NC(=O)[C@@H](NC(=O)[C@H](CCC(=O)O)NC(=O)[C@@H]1CCCN1C(=O)[C@@H](NC(=O)[C@H](CCCN=C(N)N)NC(=O)[C@H](CCSC)NC(=O)[C@H](C)NC(=O)[C@H](Cc1ccc(O)cc1)NC(=O)[C@H](C)N)C(C)C)C(C)C)C(=O)O. The molecule has 1 fully saturated rings. The predicted octanol–water partition coefficient (Wildman–Crippen LogP) is -1.71. The minimum Gasteiger partial charge on any atom is -0.508 e. The number of carbonyl (C=O) groups excluding carboxylic acids is 9. The Balaban J connectivity index is 2.37. The highest BCUT2D eigenvalue weighted by Crippen LogP contribution is 2.22. The molecule has 9 amide bonds. The number of likely N-dealkylation sites (tertiary alicyclic amines) is 1. The molecule has 17 N–H and O–H groups in total. The molecule has 0 unspecified atom stereocenters. The maximum Gasteiger partial charge on any atom is 0.326 e. The largest absolute Gasteiger partial charge is 0.508 e. The van der Waals surface area contributed by atoms with Crippen molar-refractivity contribution in [2.75, 3.05) is 25.1 Å². The van der Waals surface area contributed by atoms with Crippen LogP contribution in [0.1, 0.15) is 112 Å². The maximum atomic E-state index is 14.5. The van der Waals surface area contributed by atoms with Gasteiger partial charge in [-0.3, -0.25) is 52.9 Å². The summed E-state index contributed by atoms with van der Waals surface area (Å²) >= 11 is 1.37. The number of nitrogens with two attached hydrogens (primary N) is 3. The summed E-state index contributed by atoms with van der Waals surface area (Å²) in [5.41, 5.74) is 17.4. The van der Waals surface area contributed by atoms with E-state index >= 15 is 0 Å². The summed E-state index contributed by atoms with van der Waals surface area (Å²) in [6, 6.07) is -6.65. The first-order chi connectivity index (χ1) is 37.5. The highest BCUT2D eigenvalue weighted by molar-refractivity contribution is 7.98. The number of amides is 9. The van der Waals surface area contributed by atoms with Gasteiger partial charge in [-0.1, -0.05) is 60.1 Å². The zero-order valence-electron chi connectivity index (χ0n) is 47.2. The first-order valence-corrected chi connectivity index (χ1v) is 28.2. The second kappa shape index (κ2) is 34.0. The van der Waals surface area contributed by atoms with Crippen molar-refractivity contribution >= 4 is 82.8 Å². The highest BCUT2D eigenvalue weighted by Gasteiger charge is 2.42. The number of thioether (sulfide) groups is 1. The Hall–Kier alpha value is -7.23. The average Bonchev–Trinajstić information content (AvgIpc) is 3.89. The fourth-order valence-corrected chi connectivity index (χ4v) is 8.85. The van der Waals surface area contributed by atoms with Gasteiger partial charge in [0.25, 0.3) is 0 Å². The number of aliphatic imine (C=N–C) groups is 1. The van der Waals surface area contributed by atoms with Gasteiger partial charge in [-0.25, -0.2) is 4.79 Å². The number of aromatic hydroxyl groups is 1. The molecular formula is C52H85N13O14S. The Morgan fingerprint density at radius 1 is 0.662 bits per heavy atom. The van der Waals surface area contributed by atoms with Crippen LogP contribution in [0, 0.1) is 17.8 Å². The topological polar surface area (TPSA) is 438 Å². The van der Waals surface area contributed by atoms with E-state index in [1.807, 2.05) is 0 Å². The lowest BCUT2D eigenvalue weighted by Crippen LogP contribution is -2.61. The second-order valence-electron chi connectivity index (χ2n) is 20.7. The number of phenolic OH excluding ortho intramolecular Hbond substituents is 1. The molecule has 0 aliphatic carbocycles. The van der Waals surface area contributed by atoms with Crippen LogP contribution >= 0.6 is 11.8 Å². The van der Waals surface area contributed by atoms with E-state index in [1.54, 1.807) is 59.9 Å². The molecular weight excluding hydrogens is 1060 g/mol. The Bertz CT molecular complexity index is 2340. The van der Waals surface area contributed by atoms with Crippen LogP contribution in [-0.4, -0.2) is 177 Å². The number of guanidine groups is 1. The van der Waals surface area contributed by atoms with Gasteiger partial charge in [-0.2, -0.15) is 11.8 Å². The number of rotatable bonds is 34. The molecule has 28 heteroatoms. The third-order valence-corrected chi connectivity index (χ3v) is 14.0. The van der Waals surface area contributed by atoms with Gasteiger partial charge in [0.05, 0.1) is 6.04 Å².